The van der Waals surface area contributed by atoms with Gasteiger partial charge in [0.05, 0.1) is 7.11 Å². The fourth-order valence-electron chi connectivity index (χ4n) is 3.38. The maximum atomic E-state index is 12.6. The molecule has 8 heteroatoms. The zero-order valence-electron chi connectivity index (χ0n) is 18.6. The lowest BCUT2D eigenvalue weighted by atomic mass is 9.85. The Hall–Kier alpha value is -2.80. The highest BCUT2D eigenvalue weighted by Crippen LogP contribution is 2.34. The molecule has 0 aliphatic carbocycles. The van der Waals surface area contributed by atoms with Crippen LogP contribution in [0.25, 0.3) is 0 Å². The number of hydrogen-bond acceptors (Lipinski definition) is 6. The van der Waals surface area contributed by atoms with Gasteiger partial charge in [0.2, 0.25) is 0 Å². The summed E-state index contributed by atoms with van der Waals surface area (Å²) in [6, 6.07) is 6.47. The van der Waals surface area contributed by atoms with E-state index in [1.165, 1.54) is 26.3 Å². The van der Waals surface area contributed by atoms with Crippen molar-refractivity contribution < 1.29 is 24.2 Å². The Morgan fingerprint density at radius 3 is 2.42 bits per heavy atom. The van der Waals surface area contributed by atoms with E-state index in [4.69, 9.17) is 21.1 Å². The number of nitrogens with one attached hydrogen (secondary N) is 1. The lowest BCUT2D eigenvalue weighted by Crippen LogP contribution is -2.41. The van der Waals surface area contributed by atoms with Crippen molar-refractivity contribution >= 4 is 23.5 Å². The molecule has 0 bridgehead atoms. The number of nitrogens with zero attached hydrogens (tertiary/aromatic N) is 1. The normalized spacial score (nSPS) is 13.9. The SMILES string of the molecule is COc1ccnc(C(=O)N[C@@H](C)C(=O)O[C@@H](Cl)[C@H](c2ccc(C)cc2C)C(C)C)c1O. The van der Waals surface area contributed by atoms with E-state index in [0.717, 1.165) is 16.7 Å². The molecule has 2 aromatic rings. The first kappa shape index (κ1) is 24.5. The molecule has 2 rings (SSSR count). The first-order valence-electron chi connectivity index (χ1n) is 10.0. The van der Waals surface area contributed by atoms with Crippen LogP contribution < -0.4 is 10.1 Å². The van der Waals surface area contributed by atoms with Gasteiger partial charge >= 0.3 is 5.97 Å². The average molecular weight is 449 g/mol. The zero-order valence-corrected chi connectivity index (χ0v) is 19.4. The Labute approximate surface area is 187 Å². The summed E-state index contributed by atoms with van der Waals surface area (Å²) in [6.45, 7) is 9.51. The number of methoxy groups -OCH3 is 1. The Morgan fingerprint density at radius 1 is 1.16 bits per heavy atom. The average Bonchev–Trinajstić information content (AvgIpc) is 2.69. The predicted molar refractivity (Wildman–Crippen MR) is 119 cm³/mol. The maximum absolute atomic E-state index is 12.6. The fraction of sp³-hybridized carbons (Fsp3) is 0.435. The molecule has 0 saturated carbocycles. The van der Waals surface area contributed by atoms with Crippen LogP contribution in [-0.4, -0.2) is 40.7 Å². The van der Waals surface area contributed by atoms with Gasteiger partial charge in [0.1, 0.15) is 6.04 Å². The molecule has 31 heavy (non-hydrogen) atoms. The highest BCUT2D eigenvalue weighted by Gasteiger charge is 2.31. The monoisotopic (exact) mass is 448 g/mol. The van der Waals surface area contributed by atoms with Crippen molar-refractivity contribution in [2.75, 3.05) is 7.11 Å². The van der Waals surface area contributed by atoms with E-state index in [1.54, 1.807) is 0 Å². The second-order valence-electron chi connectivity index (χ2n) is 7.82. The first-order valence-corrected chi connectivity index (χ1v) is 10.4. The maximum Gasteiger partial charge on any atom is 0.329 e. The molecule has 0 spiro atoms. The number of aromatic nitrogens is 1. The molecule has 1 aromatic heterocycles. The smallest absolute Gasteiger partial charge is 0.329 e. The standard InChI is InChI=1S/C23H29ClN2O5/c1-12(2)18(16-8-7-13(3)11-14(16)4)21(24)31-23(29)15(5)26-22(28)19-20(27)17(30-6)9-10-25-19/h7-12,15,18,21,27H,1-6H3,(H,26,28)/t15-,18-,21+/m0/s1. The molecule has 0 aliphatic heterocycles. The van der Waals surface area contributed by atoms with E-state index in [0.29, 0.717) is 0 Å². The Balaban J connectivity index is 2.11. The molecule has 7 nitrogen and oxygen atoms in total. The molecule has 0 aliphatic rings. The van der Waals surface area contributed by atoms with Crippen molar-refractivity contribution in [3.8, 4) is 11.5 Å². The number of esters is 1. The number of alkyl halides is 1. The molecule has 168 valence electrons. The van der Waals surface area contributed by atoms with Gasteiger partial charge in [-0.25, -0.2) is 9.78 Å². The van der Waals surface area contributed by atoms with Crippen molar-refractivity contribution in [3.63, 3.8) is 0 Å². The van der Waals surface area contributed by atoms with Crippen LogP contribution in [-0.2, 0) is 9.53 Å². The van der Waals surface area contributed by atoms with Crippen molar-refractivity contribution in [3.05, 3.63) is 52.8 Å². The second kappa shape index (κ2) is 10.5. The van der Waals surface area contributed by atoms with E-state index in [9.17, 15) is 14.7 Å². The Bertz CT molecular complexity index is 948. The number of ether oxygens (including phenoxy) is 2. The quantitative estimate of drug-likeness (QED) is 0.466. The van der Waals surface area contributed by atoms with Crippen molar-refractivity contribution in [2.45, 2.75) is 52.1 Å². The lowest BCUT2D eigenvalue weighted by Gasteiger charge is -2.28. The third-order valence-corrected chi connectivity index (χ3v) is 5.40. The molecular formula is C23H29ClN2O5. The number of carbonyl (C=O) groups excluding carboxylic acids is 2. The van der Waals surface area contributed by atoms with Gasteiger partial charge in [-0.15, -0.1) is 0 Å². The molecule has 0 fully saturated rings. The Morgan fingerprint density at radius 2 is 1.84 bits per heavy atom. The Kier molecular flexibility index (Phi) is 8.28. The first-order chi connectivity index (χ1) is 14.6. The van der Waals surface area contributed by atoms with E-state index < -0.39 is 29.2 Å². The van der Waals surface area contributed by atoms with Crippen molar-refractivity contribution in [2.24, 2.45) is 5.92 Å². The molecule has 3 atom stereocenters. The number of halogens is 1. The molecule has 0 radical (unpaired) electrons. The molecule has 1 heterocycles. The van der Waals surface area contributed by atoms with Gasteiger partial charge in [0, 0.05) is 18.2 Å². The zero-order chi connectivity index (χ0) is 23.3. The summed E-state index contributed by atoms with van der Waals surface area (Å²) >= 11 is 6.52. The lowest BCUT2D eigenvalue weighted by molar-refractivity contribution is -0.148. The summed E-state index contributed by atoms with van der Waals surface area (Å²) in [7, 11) is 1.36. The summed E-state index contributed by atoms with van der Waals surface area (Å²) in [6.07, 6.45) is 1.32. The van der Waals surface area contributed by atoms with E-state index in [-0.39, 0.29) is 23.3 Å². The van der Waals surface area contributed by atoms with Crippen LogP contribution >= 0.6 is 11.6 Å². The van der Waals surface area contributed by atoms with Crippen LogP contribution in [0.2, 0.25) is 0 Å². The minimum absolute atomic E-state index is 0.101. The number of benzene rings is 1. The summed E-state index contributed by atoms with van der Waals surface area (Å²) in [5, 5.41) is 12.5. The topological polar surface area (TPSA) is 97.8 Å². The van der Waals surface area contributed by atoms with Gasteiger partial charge < -0.3 is 19.9 Å². The minimum atomic E-state index is -1.01. The predicted octanol–water partition coefficient (Wildman–Crippen LogP) is 4.08. The number of carbonyl (C=O) groups is 2. The number of hydrogen-bond donors (Lipinski definition) is 2. The third-order valence-electron chi connectivity index (χ3n) is 5.04. The molecular weight excluding hydrogens is 420 g/mol. The molecule has 0 unspecified atom stereocenters. The fourth-order valence-corrected chi connectivity index (χ4v) is 3.89. The van der Waals surface area contributed by atoms with Crippen LogP contribution in [0.1, 0.15) is 53.9 Å². The van der Waals surface area contributed by atoms with Crippen molar-refractivity contribution in [1.29, 1.82) is 0 Å². The van der Waals surface area contributed by atoms with Gasteiger partial charge in [0.15, 0.2) is 22.8 Å². The van der Waals surface area contributed by atoms with Gasteiger partial charge in [0.25, 0.3) is 5.91 Å². The van der Waals surface area contributed by atoms with Gasteiger partial charge in [-0.05, 0) is 37.8 Å². The largest absolute Gasteiger partial charge is 0.503 e. The number of amides is 1. The summed E-state index contributed by atoms with van der Waals surface area (Å²) in [4.78, 5) is 28.9. The van der Waals surface area contributed by atoms with E-state index >= 15 is 0 Å². The van der Waals surface area contributed by atoms with Crippen LogP contribution in [0.3, 0.4) is 0 Å². The minimum Gasteiger partial charge on any atom is -0.503 e. The van der Waals surface area contributed by atoms with Crippen LogP contribution in [0.5, 0.6) is 11.5 Å². The molecule has 2 N–H and O–H groups in total. The van der Waals surface area contributed by atoms with E-state index in [1.807, 2.05) is 39.8 Å². The van der Waals surface area contributed by atoms with Crippen molar-refractivity contribution in [1.82, 2.24) is 10.3 Å². The van der Waals surface area contributed by atoms with E-state index in [2.05, 4.69) is 16.4 Å². The number of aromatic hydroxyl groups is 1. The number of aryl methyl sites for hydroxylation is 2. The highest BCUT2D eigenvalue weighted by atomic mass is 35.5. The summed E-state index contributed by atoms with van der Waals surface area (Å²) in [5.41, 5.74) is 2.04. The molecule has 1 amide bonds. The van der Waals surface area contributed by atoms with Crippen LogP contribution in [0, 0.1) is 19.8 Å². The highest BCUT2D eigenvalue weighted by molar-refractivity contribution is 6.20. The summed E-state index contributed by atoms with van der Waals surface area (Å²) in [5.74, 6) is -1.84. The number of pyridine rings is 1. The van der Waals surface area contributed by atoms with Crippen LogP contribution in [0.15, 0.2) is 30.5 Å². The van der Waals surface area contributed by atoms with Gasteiger partial charge in [-0.2, -0.15) is 0 Å². The second-order valence-corrected chi connectivity index (χ2v) is 8.25. The van der Waals surface area contributed by atoms with Gasteiger partial charge in [-0.1, -0.05) is 49.2 Å². The molecule has 0 saturated heterocycles. The van der Waals surface area contributed by atoms with Gasteiger partial charge in [-0.3, -0.25) is 4.79 Å². The third kappa shape index (κ3) is 5.88. The number of rotatable bonds is 8. The van der Waals surface area contributed by atoms with Crippen LogP contribution in [0.4, 0.5) is 0 Å². The molecule has 1 aromatic carbocycles. The summed E-state index contributed by atoms with van der Waals surface area (Å²) < 4.78 is 10.5.